The Morgan fingerprint density at radius 1 is 1.18 bits per heavy atom. The molecule has 0 saturated carbocycles. The van der Waals surface area contributed by atoms with E-state index in [1.807, 2.05) is 0 Å². The van der Waals surface area contributed by atoms with Gasteiger partial charge in [-0.2, -0.15) is 13.2 Å². The lowest BCUT2D eigenvalue weighted by atomic mass is 10.2. The van der Waals surface area contributed by atoms with Crippen LogP contribution in [0, 0.1) is 5.82 Å². The lowest BCUT2D eigenvalue weighted by molar-refractivity contribution is -0.139. The van der Waals surface area contributed by atoms with E-state index < -0.39 is 29.3 Å². The first-order valence-corrected chi connectivity index (χ1v) is 6.56. The Morgan fingerprint density at radius 2 is 1.82 bits per heavy atom. The molecular formula is C14H18F4N2O2. The summed E-state index contributed by atoms with van der Waals surface area (Å²) in [6, 6.07) is 2.62. The fourth-order valence-electron chi connectivity index (χ4n) is 1.54. The molecular weight excluding hydrogens is 304 g/mol. The van der Waals surface area contributed by atoms with E-state index in [1.54, 1.807) is 20.8 Å². The van der Waals surface area contributed by atoms with Gasteiger partial charge in [-0.25, -0.2) is 9.18 Å². The first-order chi connectivity index (χ1) is 9.99. The van der Waals surface area contributed by atoms with Crippen LogP contribution >= 0.6 is 0 Å². The normalized spacial score (nSPS) is 12.0. The van der Waals surface area contributed by atoms with Crippen molar-refractivity contribution in [2.45, 2.75) is 32.5 Å². The standard InChI is InChI=1S/C14H18F4N2O2/c1-13(2,3)22-12(21)20-7-6-19-9-4-5-11(15)10(8-9)14(16,17)18/h4-5,8,19H,6-7H2,1-3H3,(H,20,21). The molecule has 0 saturated heterocycles. The third kappa shape index (κ3) is 6.19. The molecule has 1 amide bonds. The summed E-state index contributed by atoms with van der Waals surface area (Å²) >= 11 is 0. The van der Waals surface area contributed by atoms with Crippen molar-refractivity contribution in [2.24, 2.45) is 0 Å². The van der Waals surface area contributed by atoms with E-state index in [4.69, 9.17) is 4.74 Å². The van der Waals surface area contributed by atoms with E-state index in [-0.39, 0.29) is 18.8 Å². The van der Waals surface area contributed by atoms with Crippen molar-refractivity contribution < 1.29 is 27.1 Å². The summed E-state index contributed by atoms with van der Waals surface area (Å²) in [5.41, 5.74) is -1.85. The molecule has 22 heavy (non-hydrogen) atoms. The van der Waals surface area contributed by atoms with Crippen LogP contribution in [0.25, 0.3) is 0 Å². The second-order valence-corrected chi connectivity index (χ2v) is 5.55. The summed E-state index contributed by atoms with van der Waals surface area (Å²) in [5.74, 6) is -1.33. The fraction of sp³-hybridized carbons (Fsp3) is 0.500. The van der Waals surface area contributed by atoms with E-state index in [0.29, 0.717) is 6.07 Å². The number of carbonyl (C=O) groups is 1. The fourth-order valence-corrected chi connectivity index (χ4v) is 1.54. The zero-order chi connectivity index (χ0) is 17.0. The first-order valence-electron chi connectivity index (χ1n) is 6.56. The number of hydrogen-bond acceptors (Lipinski definition) is 3. The molecule has 124 valence electrons. The smallest absolute Gasteiger partial charge is 0.419 e. The maximum atomic E-state index is 13.1. The molecule has 0 aliphatic rings. The topological polar surface area (TPSA) is 50.4 Å². The highest BCUT2D eigenvalue weighted by Crippen LogP contribution is 2.32. The third-order valence-corrected chi connectivity index (χ3v) is 2.39. The number of nitrogens with one attached hydrogen (secondary N) is 2. The van der Waals surface area contributed by atoms with Gasteiger partial charge in [0.05, 0.1) is 5.56 Å². The molecule has 0 unspecified atom stereocenters. The van der Waals surface area contributed by atoms with Crippen molar-refractivity contribution in [3.63, 3.8) is 0 Å². The molecule has 1 rings (SSSR count). The minimum absolute atomic E-state index is 0.111. The molecule has 0 aliphatic carbocycles. The number of alkyl carbamates (subject to hydrolysis) is 1. The van der Waals surface area contributed by atoms with Crippen LogP contribution in [0.15, 0.2) is 18.2 Å². The van der Waals surface area contributed by atoms with Crippen LogP contribution in [0.4, 0.5) is 28.0 Å². The van der Waals surface area contributed by atoms with Gasteiger partial charge >= 0.3 is 12.3 Å². The van der Waals surface area contributed by atoms with Gasteiger partial charge in [0.2, 0.25) is 0 Å². The molecule has 0 spiro atoms. The number of benzene rings is 1. The number of alkyl halides is 3. The number of ether oxygens (including phenoxy) is 1. The predicted octanol–water partition coefficient (Wildman–Crippen LogP) is 3.78. The Hall–Kier alpha value is -1.99. The van der Waals surface area contributed by atoms with Crippen molar-refractivity contribution >= 4 is 11.8 Å². The summed E-state index contributed by atoms with van der Waals surface area (Å²) < 4.78 is 55.7. The molecule has 4 nitrogen and oxygen atoms in total. The van der Waals surface area contributed by atoms with Crippen molar-refractivity contribution in [3.05, 3.63) is 29.6 Å². The molecule has 0 radical (unpaired) electrons. The third-order valence-electron chi connectivity index (χ3n) is 2.39. The van der Waals surface area contributed by atoms with Gasteiger partial charge in [0.1, 0.15) is 11.4 Å². The quantitative estimate of drug-likeness (QED) is 0.655. The van der Waals surface area contributed by atoms with E-state index in [0.717, 1.165) is 6.07 Å². The summed E-state index contributed by atoms with van der Waals surface area (Å²) in [4.78, 5) is 11.3. The van der Waals surface area contributed by atoms with Crippen LogP contribution in [-0.2, 0) is 10.9 Å². The Balaban J connectivity index is 2.48. The molecule has 0 heterocycles. The molecule has 0 bridgehead atoms. The Labute approximate surface area is 125 Å². The molecule has 8 heteroatoms. The van der Waals surface area contributed by atoms with E-state index in [2.05, 4.69) is 10.6 Å². The van der Waals surface area contributed by atoms with Crippen LogP contribution in [0.2, 0.25) is 0 Å². The highest BCUT2D eigenvalue weighted by Gasteiger charge is 2.34. The number of rotatable bonds is 4. The monoisotopic (exact) mass is 322 g/mol. The van der Waals surface area contributed by atoms with Crippen LogP contribution in [0.3, 0.4) is 0 Å². The Kier molecular flexibility index (Phi) is 5.62. The highest BCUT2D eigenvalue weighted by atomic mass is 19.4. The van der Waals surface area contributed by atoms with Crippen molar-refractivity contribution in [1.82, 2.24) is 5.32 Å². The van der Waals surface area contributed by atoms with E-state index in [1.165, 1.54) is 6.07 Å². The minimum atomic E-state index is -4.75. The van der Waals surface area contributed by atoms with Gasteiger partial charge in [-0.15, -0.1) is 0 Å². The maximum absolute atomic E-state index is 13.1. The average Bonchev–Trinajstić information content (AvgIpc) is 2.33. The second-order valence-electron chi connectivity index (χ2n) is 5.55. The van der Waals surface area contributed by atoms with Crippen molar-refractivity contribution in [2.75, 3.05) is 18.4 Å². The first kappa shape index (κ1) is 18.1. The summed E-state index contributed by atoms with van der Waals surface area (Å²) in [6.45, 7) is 5.45. The van der Waals surface area contributed by atoms with Gasteiger partial charge < -0.3 is 15.4 Å². The number of carbonyl (C=O) groups excluding carboxylic acids is 1. The van der Waals surface area contributed by atoms with E-state index >= 15 is 0 Å². The molecule has 0 aromatic heterocycles. The molecule has 0 atom stereocenters. The molecule has 0 aliphatic heterocycles. The van der Waals surface area contributed by atoms with Gasteiger partial charge in [0.15, 0.2) is 0 Å². The number of anilines is 1. The Bertz CT molecular complexity index is 525. The van der Waals surface area contributed by atoms with Crippen LogP contribution in [0.5, 0.6) is 0 Å². The molecule has 2 N–H and O–H groups in total. The van der Waals surface area contributed by atoms with Crippen LogP contribution in [0.1, 0.15) is 26.3 Å². The second kappa shape index (κ2) is 6.85. The Morgan fingerprint density at radius 3 is 2.36 bits per heavy atom. The summed E-state index contributed by atoms with van der Waals surface area (Å²) in [6.07, 6.45) is -5.37. The number of amides is 1. The summed E-state index contributed by atoms with van der Waals surface area (Å²) in [7, 11) is 0. The molecule has 0 fully saturated rings. The van der Waals surface area contributed by atoms with Crippen molar-refractivity contribution in [3.8, 4) is 0 Å². The van der Waals surface area contributed by atoms with Gasteiger partial charge in [-0.05, 0) is 39.0 Å². The average molecular weight is 322 g/mol. The SMILES string of the molecule is CC(C)(C)OC(=O)NCCNc1ccc(F)c(C(F)(F)F)c1. The maximum Gasteiger partial charge on any atom is 0.419 e. The predicted molar refractivity (Wildman–Crippen MR) is 74.1 cm³/mol. The van der Waals surface area contributed by atoms with Crippen LogP contribution in [-0.4, -0.2) is 24.8 Å². The van der Waals surface area contributed by atoms with Crippen molar-refractivity contribution in [1.29, 1.82) is 0 Å². The van der Waals surface area contributed by atoms with Gasteiger partial charge in [0, 0.05) is 18.8 Å². The van der Waals surface area contributed by atoms with Crippen LogP contribution < -0.4 is 10.6 Å². The van der Waals surface area contributed by atoms with Gasteiger partial charge in [-0.1, -0.05) is 0 Å². The lowest BCUT2D eigenvalue weighted by Gasteiger charge is -2.19. The van der Waals surface area contributed by atoms with Gasteiger partial charge in [-0.3, -0.25) is 0 Å². The van der Waals surface area contributed by atoms with Gasteiger partial charge in [0.25, 0.3) is 0 Å². The summed E-state index contributed by atoms with van der Waals surface area (Å²) in [5, 5.41) is 5.11. The largest absolute Gasteiger partial charge is 0.444 e. The number of hydrogen-bond donors (Lipinski definition) is 2. The zero-order valence-corrected chi connectivity index (χ0v) is 12.5. The lowest BCUT2D eigenvalue weighted by Crippen LogP contribution is -2.35. The van der Waals surface area contributed by atoms with E-state index in [9.17, 15) is 22.4 Å². The minimum Gasteiger partial charge on any atom is -0.444 e. The highest BCUT2D eigenvalue weighted by molar-refractivity contribution is 5.67. The zero-order valence-electron chi connectivity index (χ0n) is 12.5. The number of halogens is 4. The molecule has 1 aromatic carbocycles. The molecule has 1 aromatic rings.